The SMILES string of the molecule is CCN(CCc1ccccc1)C(=O)C1NCCC1C. The molecule has 2 rings (SSSR count). The lowest BCUT2D eigenvalue weighted by molar-refractivity contribution is -0.133. The quantitative estimate of drug-likeness (QED) is 0.879. The maximum Gasteiger partial charge on any atom is 0.239 e. The summed E-state index contributed by atoms with van der Waals surface area (Å²) in [5.41, 5.74) is 1.29. The molecule has 3 heteroatoms. The zero-order valence-electron chi connectivity index (χ0n) is 11.9. The van der Waals surface area contributed by atoms with Gasteiger partial charge in [0, 0.05) is 13.1 Å². The monoisotopic (exact) mass is 260 g/mol. The molecule has 1 aromatic rings. The molecule has 1 aliphatic heterocycles. The van der Waals surface area contributed by atoms with Gasteiger partial charge in [-0.1, -0.05) is 37.3 Å². The summed E-state index contributed by atoms with van der Waals surface area (Å²) < 4.78 is 0. The highest BCUT2D eigenvalue weighted by atomic mass is 16.2. The first-order valence-electron chi connectivity index (χ1n) is 7.28. The Morgan fingerprint density at radius 2 is 2.11 bits per heavy atom. The van der Waals surface area contributed by atoms with E-state index in [1.165, 1.54) is 5.56 Å². The predicted molar refractivity (Wildman–Crippen MR) is 78.0 cm³/mol. The maximum absolute atomic E-state index is 12.5. The third kappa shape index (κ3) is 3.57. The van der Waals surface area contributed by atoms with Crippen LogP contribution in [-0.2, 0) is 11.2 Å². The van der Waals surface area contributed by atoms with Crippen LogP contribution in [0.25, 0.3) is 0 Å². The minimum absolute atomic E-state index is 0.0238. The van der Waals surface area contributed by atoms with E-state index in [9.17, 15) is 4.79 Å². The minimum Gasteiger partial charge on any atom is -0.341 e. The van der Waals surface area contributed by atoms with Crippen molar-refractivity contribution in [3.8, 4) is 0 Å². The van der Waals surface area contributed by atoms with Crippen molar-refractivity contribution in [1.82, 2.24) is 10.2 Å². The van der Waals surface area contributed by atoms with Crippen LogP contribution in [0.5, 0.6) is 0 Å². The number of benzene rings is 1. The Balaban J connectivity index is 1.91. The summed E-state index contributed by atoms with van der Waals surface area (Å²) in [6, 6.07) is 10.4. The molecule has 1 aromatic carbocycles. The summed E-state index contributed by atoms with van der Waals surface area (Å²) >= 11 is 0. The smallest absolute Gasteiger partial charge is 0.239 e. The molecule has 104 valence electrons. The first kappa shape index (κ1) is 14.1. The largest absolute Gasteiger partial charge is 0.341 e. The Morgan fingerprint density at radius 3 is 2.68 bits per heavy atom. The van der Waals surface area contributed by atoms with E-state index in [0.717, 1.165) is 32.5 Å². The Labute approximate surface area is 116 Å². The van der Waals surface area contributed by atoms with E-state index in [0.29, 0.717) is 5.92 Å². The van der Waals surface area contributed by atoms with Crippen LogP contribution in [0.1, 0.15) is 25.8 Å². The average Bonchev–Trinajstić information content (AvgIpc) is 2.86. The fourth-order valence-electron chi connectivity index (χ4n) is 2.69. The van der Waals surface area contributed by atoms with Gasteiger partial charge in [-0.15, -0.1) is 0 Å². The van der Waals surface area contributed by atoms with Crippen LogP contribution in [0, 0.1) is 5.92 Å². The Hall–Kier alpha value is -1.35. The van der Waals surface area contributed by atoms with E-state index in [1.807, 2.05) is 23.1 Å². The van der Waals surface area contributed by atoms with E-state index >= 15 is 0 Å². The van der Waals surface area contributed by atoms with Crippen molar-refractivity contribution in [2.45, 2.75) is 32.7 Å². The Morgan fingerprint density at radius 1 is 1.37 bits per heavy atom. The van der Waals surface area contributed by atoms with Gasteiger partial charge in [-0.05, 0) is 37.8 Å². The molecule has 3 nitrogen and oxygen atoms in total. The van der Waals surface area contributed by atoms with Gasteiger partial charge in [-0.3, -0.25) is 4.79 Å². The minimum atomic E-state index is 0.0238. The fourth-order valence-corrected chi connectivity index (χ4v) is 2.69. The molecule has 0 radical (unpaired) electrons. The van der Waals surface area contributed by atoms with Gasteiger partial charge in [0.25, 0.3) is 0 Å². The van der Waals surface area contributed by atoms with Crippen molar-refractivity contribution in [3.05, 3.63) is 35.9 Å². The number of nitrogens with one attached hydrogen (secondary N) is 1. The normalized spacial score (nSPS) is 22.4. The molecule has 1 heterocycles. The molecular formula is C16H24N2O. The summed E-state index contributed by atoms with van der Waals surface area (Å²) in [7, 11) is 0. The topological polar surface area (TPSA) is 32.3 Å². The van der Waals surface area contributed by atoms with Crippen molar-refractivity contribution in [1.29, 1.82) is 0 Å². The van der Waals surface area contributed by atoms with Gasteiger partial charge < -0.3 is 10.2 Å². The average molecular weight is 260 g/mol. The van der Waals surface area contributed by atoms with Crippen LogP contribution in [0.4, 0.5) is 0 Å². The van der Waals surface area contributed by atoms with Crippen LogP contribution >= 0.6 is 0 Å². The summed E-state index contributed by atoms with van der Waals surface area (Å²) in [4.78, 5) is 14.5. The van der Waals surface area contributed by atoms with Gasteiger partial charge in [0.1, 0.15) is 0 Å². The van der Waals surface area contributed by atoms with Crippen molar-refractivity contribution in [2.75, 3.05) is 19.6 Å². The summed E-state index contributed by atoms with van der Waals surface area (Å²) in [5, 5.41) is 3.33. The number of likely N-dealkylation sites (N-methyl/N-ethyl adjacent to an activating group) is 1. The number of hydrogen-bond acceptors (Lipinski definition) is 2. The molecule has 0 aliphatic carbocycles. The van der Waals surface area contributed by atoms with Gasteiger partial charge in [-0.25, -0.2) is 0 Å². The second-order valence-electron chi connectivity index (χ2n) is 5.35. The van der Waals surface area contributed by atoms with Gasteiger partial charge in [-0.2, -0.15) is 0 Å². The number of nitrogens with zero attached hydrogens (tertiary/aromatic N) is 1. The molecule has 0 saturated carbocycles. The van der Waals surface area contributed by atoms with Gasteiger partial charge in [0.05, 0.1) is 6.04 Å². The first-order valence-corrected chi connectivity index (χ1v) is 7.28. The zero-order chi connectivity index (χ0) is 13.7. The molecule has 19 heavy (non-hydrogen) atoms. The van der Waals surface area contributed by atoms with Crippen molar-refractivity contribution >= 4 is 5.91 Å². The van der Waals surface area contributed by atoms with Gasteiger partial charge in [0.15, 0.2) is 0 Å². The summed E-state index contributed by atoms with van der Waals surface area (Å²) in [6.45, 7) is 6.78. The summed E-state index contributed by atoms with van der Waals surface area (Å²) in [6.07, 6.45) is 2.04. The maximum atomic E-state index is 12.5. The van der Waals surface area contributed by atoms with Crippen LogP contribution in [0.2, 0.25) is 0 Å². The molecule has 1 amide bonds. The molecule has 1 aliphatic rings. The molecule has 0 bridgehead atoms. The zero-order valence-corrected chi connectivity index (χ0v) is 11.9. The Bertz CT molecular complexity index is 404. The molecule has 1 saturated heterocycles. The number of hydrogen-bond donors (Lipinski definition) is 1. The highest BCUT2D eigenvalue weighted by Crippen LogP contribution is 2.16. The van der Waals surface area contributed by atoms with E-state index in [1.54, 1.807) is 0 Å². The lowest BCUT2D eigenvalue weighted by Crippen LogP contribution is -2.46. The number of carbonyl (C=O) groups is 1. The second-order valence-corrected chi connectivity index (χ2v) is 5.35. The molecule has 2 unspecified atom stereocenters. The lowest BCUT2D eigenvalue weighted by Gasteiger charge is -2.26. The third-order valence-electron chi connectivity index (χ3n) is 4.01. The van der Waals surface area contributed by atoms with Crippen LogP contribution in [0.15, 0.2) is 30.3 Å². The van der Waals surface area contributed by atoms with Crippen LogP contribution in [-0.4, -0.2) is 36.5 Å². The highest BCUT2D eigenvalue weighted by molar-refractivity contribution is 5.82. The van der Waals surface area contributed by atoms with Crippen molar-refractivity contribution in [3.63, 3.8) is 0 Å². The molecule has 1 fully saturated rings. The number of amides is 1. The lowest BCUT2D eigenvalue weighted by atomic mass is 10.0. The van der Waals surface area contributed by atoms with Crippen LogP contribution in [0.3, 0.4) is 0 Å². The second kappa shape index (κ2) is 6.71. The number of rotatable bonds is 5. The van der Waals surface area contributed by atoms with Gasteiger partial charge >= 0.3 is 0 Å². The fraction of sp³-hybridized carbons (Fsp3) is 0.562. The molecule has 1 N–H and O–H groups in total. The van der Waals surface area contributed by atoms with E-state index in [2.05, 4.69) is 31.3 Å². The molecular weight excluding hydrogens is 236 g/mol. The highest BCUT2D eigenvalue weighted by Gasteiger charge is 2.31. The molecule has 2 atom stereocenters. The van der Waals surface area contributed by atoms with E-state index in [-0.39, 0.29) is 11.9 Å². The first-order chi connectivity index (χ1) is 9.22. The Kier molecular flexibility index (Phi) is 4.97. The van der Waals surface area contributed by atoms with E-state index in [4.69, 9.17) is 0 Å². The third-order valence-corrected chi connectivity index (χ3v) is 4.01. The predicted octanol–water partition coefficient (Wildman–Crippen LogP) is 2.08. The number of carbonyl (C=O) groups excluding carboxylic acids is 1. The van der Waals surface area contributed by atoms with Gasteiger partial charge in [0.2, 0.25) is 5.91 Å². The standard InChI is InChI=1S/C16H24N2O/c1-3-18(12-10-14-7-5-4-6-8-14)16(19)15-13(2)9-11-17-15/h4-8,13,15,17H,3,9-12H2,1-2H3. The molecule has 0 aromatic heterocycles. The van der Waals surface area contributed by atoms with Crippen molar-refractivity contribution < 1.29 is 4.79 Å². The molecule has 0 spiro atoms. The van der Waals surface area contributed by atoms with Crippen molar-refractivity contribution in [2.24, 2.45) is 5.92 Å². The van der Waals surface area contributed by atoms with E-state index < -0.39 is 0 Å². The van der Waals surface area contributed by atoms with Crippen LogP contribution < -0.4 is 5.32 Å². The summed E-state index contributed by atoms with van der Waals surface area (Å²) in [5.74, 6) is 0.724.